The van der Waals surface area contributed by atoms with Crippen molar-refractivity contribution in [3.05, 3.63) is 35.4 Å². The number of guanidine groups is 1. The van der Waals surface area contributed by atoms with Gasteiger partial charge in [0.05, 0.1) is 12.1 Å². The highest BCUT2D eigenvalue weighted by atomic mass is 19.4. The van der Waals surface area contributed by atoms with E-state index in [0.29, 0.717) is 18.5 Å². The third kappa shape index (κ3) is 3.31. The number of benzene rings is 1. The Labute approximate surface area is 121 Å². The van der Waals surface area contributed by atoms with Crippen LogP contribution in [-0.2, 0) is 11.6 Å². The van der Waals surface area contributed by atoms with Crippen molar-refractivity contribution >= 4 is 5.96 Å². The van der Waals surface area contributed by atoms with E-state index in [0.717, 1.165) is 43.4 Å². The van der Waals surface area contributed by atoms with Gasteiger partial charge in [-0.1, -0.05) is 12.1 Å². The standard InChI is InChI=1S/C15H18F3N3/c16-15(17,18)11-3-1-10(2-4-11)14(7-8-14)9-20-13(19)21-12-5-6-12/h1-4,12H,5-9H2,(H3,19,20,21). The maximum Gasteiger partial charge on any atom is 0.416 e. The highest BCUT2D eigenvalue weighted by Gasteiger charge is 2.44. The van der Waals surface area contributed by atoms with Gasteiger partial charge < -0.3 is 11.1 Å². The molecule has 0 unspecified atom stereocenters. The van der Waals surface area contributed by atoms with Crippen molar-refractivity contribution in [2.75, 3.05) is 6.54 Å². The second-order valence-corrected chi connectivity index (χ2v) is 5.98. The van der Waals surface area contributed by atoms with Crippen molar-refractivity contribution in [1.29, 1.82) is 0 Å². The van der Waals surface area contributed by atoms with Crippen molar-refractivity contribution in [1.82, 2.24) is 5.32 Å². The average Bonchev–Trinajstić information content (AvgIpc) is 3.32. The molecule has 0 radical (unpaired) electrons. The van der Waals surface area contributed by atoms with Crippen LogP contribution in [0.15, 0.2) is 29.3 Å². The van der Waals surface area contributed by atoms with E-state index >= 15 is 0 Å². The fraction of sp³-hybridized carbons (Fsp3) is 0.533. The van der Waals surface area contributed by atoms with Crippen LogP contribution >= 0.6 is 0 Å². The van der Waals surface area contributed by atoms with E-state index in [1.165, 1.54) is 0 Å². The Hall–Kier alpha value is -1.72. The van der Waals surface area contributed by atoms with Crippen molar-refractivity contribution in [2.45, 2.75) is 43.3 Å². The largest absolute Gasteiger partial charge is 0.416 e. The number of alkyl halides is 3. The molecule has 2 fully saturated rings. The zero-order valence-corrected chi connectivity index (χ0v) is 11.6. The Morgan fingerprint density at radius 1 is 1.24 bits per heavy atom. The van der Waals surface area contributed by atoms with Gasteiger partial charge >= 0.3 is 6.18 Å². The van der Waals surface area contributed by atoms with E-state index < -0.39 is 11.7 Å². The molecule has 0 aliphatic heterocycles. The Morgan fingerprint density at radius 3 is 2.33 bits per heavy atom. The van der Waals surface area contributed by atoms with Gasteiger partial charge in [-0.25, -0.2) is 0 Å². The molecule has 6 heteroatoms. The number of rotatable bonds is 4. The van der Waals surface area contributed by atoms with E-state index in [1.54, 1.807) is 12.1 Å². The molecule has 3 N–H and O–H groups in total. The molecule has 1 aromatic carbocycles. The fourth-order valence-corrected chi connectivity index (χ4v) is 2.42. The summed E-state index contributed by atoms with van der Waals surface area (Å²) in [6.07, 6.45) is -0.149. The summed E-state index contributed by atoms with van der Waals surface area (Å²) in [4.78, 5) is 4.35. The minimum Gasteiger partial charge on any atom is -0.370 e. The first-order valence-corrected chi connectivity index (χ1v) is 7.13. The normalized spacial score (nSPS) is 21.2. The Balaban J connectivity index is 1.67. The lowest BCUT2D eigenvalue weighted by Crippen LogP contribution is -2.34. The topological polar surface area (TPSA) is 50.4 Å². The SMILES string of the molecule is NC(=NCC1(c2ccc(C(F)(F)F)cc2)CC1)NC1CC1. The number of aliphatic imine (C=N–C) groups is 1. The van der Waals surface area contributed by atoms with E-state index in [-0.39, 0.29) is 5.41 Å². The Kier molecular flexibility index (Phi) is 3.34. The molecule has 3 nitrogen and oxygen atoms in total. The number of hydrogen-bond acceptors (Lipinski definition) is 1. The summed E-state index contributed by atoms with van der Waals surface area (Å²) < 4.78 is 37.7. The van der Waals surface area contributed by atoms with Crippen molar-refractivity contribution < 1.29 is 13.2 Å². The molecule has 0 atom stereocenters. The van der Waals surface area contributed by atoms with Gasteiger partial charge in [0.1, 0.15) is 0 Å². The third-order valence-electron chi connectivity index (χ3n) is 4.16. The first-order valence-electron chi connectivity index (χ1n) is 7.13. The molecule has 2 saturated carbocycles. The summed E-state index contributed by atoms with van der Waals surface area (Å²) in [5.74, 6) is 0.440. The van der Waals surface area contributed by atoms with E-state index in [2.05, 4.69) is 10.3 Å². The van der Waals surface area contributed by atoms with Crippen LogP contribution in [0.4, 0.5) is 13.2 Å². The summed E-state index contributed by atoms with van der Waals surface area (Å²) in [5, 5.41) is 3.11. The predicted molar refractivity (Wildman–Crippen MR) is 75.0 cm³/mol. The maximum atomic E-state index is 12.6. The number of nitrogens with two attached hydrogens (primary N) is 1. The van der Waals surface area contributed by atoms with Gasteiger partial charge in [-0.05, 0) is 43.4 Å². The molecule has 0 heterocycles. The lowest BCUT2D eigenvalue weighted by molar-refractivity contribution is -0.137. The van der Waals surface area contributed by atoms with Gasteiger partial charge in [-0.2, -0.15) is 13.2 Å². The zero-order valence-electron chi connectivity index (χ0n) is 11.6. The Morgan fingerprint density at radius 2 is 1.86 bits per heavy atom. The first kappa shape index (κ1) is 14.2. The van der Waals surface area contributed by atoms with E-state index in [4.69, 9.17) is 5.73 Å². The van der Waals surface area contributed by atoms with E-state index in [1.807, 2.05) is 0 Å². The van der Waals surface area contributed by atoms with Gasteiger partial charge in [0.15, 0.2) is 5.96 Å². The molecule has 0 bridgehead atoms. The lowest BCUT2D eigenvalue weighted by Gasteiger charge is -2.15. The highest BCUT2D eigenvalue weighted by molar-refractivity contribution is 5.78. The van der Waals surface area contributed by atoms with Crippen molar-refractivity contribution in [3.63, 3.8) is 0 Å². The molecule has 2 aliphatic carbocycles. The second kappa shape index (κ2) is 4.93. The molecule has 1 aromatic rings. The van der Waals surface area contributed by atoms with Gasteiger partial charge in [-0.15, -0.1) is 0 Å². The monoisotopic (exact) mass is 297 g/mol. The van der Waals surface area contributed by atoms with Crippen LogP contribution in [0.5, 0.6) is 0 Å². The first-order chi connectivity index (χ1) is 9.89. The van der Waals surface area contributed by atoms with Crippen molar-refractivity contribution in [2.24, 2.45) is 10.7 Å². The van der Waals surface area contributed by atoms with Crippen LogP contribution in [0, 0.1) is 0 Å². The summed E-state index contributed by atoms with van der Waals surface area (Å²) in [7, 11) is 0. The molecular weight excluding hydrogens is 279 g/mol. The quantitative estimate of drug-likeness (QED) is 0.663. The average molecular weight is 297 g/mol. The number of hydrogen-bond donors (Lipinski definition) is 2. The van der Waals surface area contributed by atoms with Crippen LogP contribution < -0.4 is 11.1 Å². The molecule has 21 heavy (non-hydrogen) atoms. The minimum atomic E-state index is -4.29. The van der Waals surface area contributed by atoms with Gasteiger partial charge in [0, 0.05) is 11.5 Å². The summed E-state index contributed by atoms with van der Waals surface area (Å²) in [6.45, 7) is 0.532. The molecule has 0 aromatic heterocycles. The zero-order chi connectivity index (χ0) is 15.1. The molecule has 114 valence electrons. The lowest BCUT2D eigenvalue weighted by atomic mass is 9.95. The number of nitrogens with one attached hydrogen (secondary N) is 1. The third-order valence-corrected chi connectivity index (χ3v) is 4.16. The second-order valence-electron chi connectivity index (χ2n) is 5.98. The predicted octanol–water partition coefficient (Wildman–Crippen LogP) is 2.80. The maximum absolute atomic E-state index is 12.6. The summed E-state index contributed by atoms with van der Waals surface area (Å²) in [5.41, 5.74) is 5.98. The minimum absolute atomic E-state index is 0.125. The smallest absolute Gasteiger partial charge is 0.370 e. The molecule has 0 saturated heterocycles. The van der Waals surface area contributed by atoms with Crippen LogP contribution in [0.25, 0.3) is 0 Å². The molecule has 2 aliphatic rings. The number of nitrogens with zero attached hydrogens (tertiary/aromatic N) is 1. The van der Waals surface area contributed by atoms with Crippen molar-refractivity contribution in [3.8, 4) is 0 Å². The van der Waals surface area contributed by atoms with Gasteiger partial charge in [0.25, 0.3) is 0 Å². The summed E-state index contributed by atoms with van der Waals surface area (Å²) >= 11 is 0. The molecule has 0 spiro atoms. The van der Waals surface area contributed by atoms with Gasteiger partial charge in [-0.3, -0.25) is 4.99 Å². The molecule has 0 amide bonds. The summed E-state index contributed by atoms with van der Waals surface area (Å²) in [6, 6.07) is 5.87. The van der Waals surface area contributed by atoms with E-state index in [9.17, 15) is 13.2 Å². The van der Waals surface area contributed by atoms with Crippen LogP contribution in [-0.4, -0.2) is 18.5 Å². The van der Waals surface area contributed by atoms with Crippen LogP contribution in [0.3, 0.4) is 0 Å². The fourth-order valence-electron chi connectivity index (χ4n) is 2.42. The molecule has 3 rings (SSSR count). The molecular formula is C15H18F3N3. The van der Waals surface area contributed by atoms with Crippen LogP contribution in [0.2, 0.25) is 0 Å². The highest BCUT2D eigenvalue weighted by Crippen LogP contribution is 2.48. The van der Waals surface area contributed by atoms with Crippen LogP contribution in [0.1, 0.15) is 36.8 Å². The number of halogens is 3. The Bertz CT molecular complexity index is 540. The van der Waals surface area contributed by atoms with Gasteiger partial charge in [0.2, 0.25) is 0 Å².